The summed E-state index contributed by atoms with van der Waals surface area (Å²) in [6, 6.07) is 79.8. The summed E-state index contributed by atoms with van der Waals surface area (Å²) in [6.45, 7) is 9.50. The van der Waals surface area contributed by atoms with E-state index in [0.29, 0.717) is 0 Å². The summed E-state index contributed by atoms with van der Waals surface area (Å²) in [4.78, 5) is 2.40. The number of hydrogen-bond acceptors (Lipinski definition) is 2. The number of para-hydroxylation sites is 3. The quantitative estimate of drug-likeness (QED) is 0.130. The number of anilines is 5. The van der Waals surface area contributed by atoms with Crippen LogP contribution < -0.4 is 10.2 Å². The van der Waals surface area contributed by atoms with Gasteiger partial charge >= 0.3 is 0 Å². The van der Waals surface area contributed by atoms with Gasteiger partial charge in [0.1, 0.15) is 0 Å². The Kier molecular flexibility index (Phi) is 9.85. The molecule has 2 heteroatoms. The Morgan fingerprint density at radius 2 is 0.729 bits per heavy atom. The highest BCUT2D eigenvalue weighted by molar-refractivity contribution is 6.27. The van der Waals surface area contributed by atoms with Crippen LogP contribution >= 0.6 is 0 Å². The number of fused-ring (bicyclic) bond motifs is 6. The molecule has 0 radical (unpaired) electrons. The van der Waals surface area contributed by atoms with E-state index >= 15 is 0 Å². The first-order chi connectivity index (χ1) is 34.5. The van der Waals surface area contributed by atoms with E-state index in [1.54, 1.807) is 0 Å². The molecule has 0 aromatic heterocycles. The summed E-state index contributed by atoms with van der Waals surface area (Å²) in [5.74, 6) is 0. The average molecular weight is 901 g/mol. The minimum atomic E-state index is -0.111. The Bertz CT molecular complexity index is 3750. The summed E-state index contributed by atoms with van der Waals surface area (Å²) in [6.07, 6.45) is 4.12. The Morgan fingerprint density at radius 3 is 1.21 bits per heavy atom. The van der Waals surface area contributed by atoms with Gasteiger partial charge in [0.15, 0.2) is 0 Å². The van der Waals surface area contributed by atoms with Crippen molar-refractivity contribution < 1.29 is 0 Å². The van der Waals surface area contributed by atoms with Crippen molar-refractivity contribution in [1.82, 2.24) is 0 Å². The van der Waals surface area contributed by atoms with Crippen LogP contribution in [0.15, 0.2) is 212 Å². The van der Waals surface area contributed by atoms with Gasteiger partial charge in [0.05, 0.1) is 0 Å². The van der Waals surface area contributed by atoms with Gasteiger partial charge < -0.3 is 10.2 Å². The van der Waals surface area contributed by atoms with Gasteiger partial charge in [-0.3, -0.25) is 0 Å². The SMILES string of the molecule is CCC1(CC)c2cc(Nc3ccccc3)ccc2-c2ccc(-c3ccc4ccc5c(-c6ccc7c(c6)C(CC)(CC)c6cc(N(c8ccccc8)c8ccccc8)ccc6-7)ccc6ccc3c4c65)cc21. The van der Waals surface area contributed by atoms with E-state index in [9.17, 15) is 0 Å². The van der Waals surface area contributed by atoms with Crippen molar-refractivity contribution in [1.29, 1.82) is 0 Å². The molecule has 2 aliphatic rings. The smallest absolute Gasteiger partial charge is 0.0465 e. The highest BCUT2D eigenvalue weighted by Crippen LogP contribution is 2.57. The van der Waals surface area contributed by atoms with E-state index < -0.39 is 0 Å². The minimum absolute atomic E-state index is 0.0644. The zero-order chi connectivity index (χ0) is 47.1. The van der Waals surface area contributed by atoms with E-state index in [1.165, 1.54) is 105 Å². The van der Waals surface area contributed by atoms with E-state index in [4.69, 9.17) is 0 Å². The maximum atomic E-state index is 3.68. The molecule has 338 valence electrons. The summed E-state index contributed by atoms with van der Waals surface area (Å²) in [7, 11) is 0. The van der Waals surface area contributed by atoms with Crippen LogP contribution in [-0.2, 0) is 10.8 Å². The standard InChI is InChI=1S/C68H56N2/c1-5-67(6-2)61-40-46(28-34-55(61)57-38-30-49(42-63(57)67)69-48-18-12-9-13-19-48)53-32-24-44-27-37-60-54(33-25-45-26-36-59(53)65(44)66(45)60)47-29-35-56-58-39-31-52(43-64(58)68(7-3,8-4)62(56)41-47)70(50-20-14-10-15-21-50)51-22-16-11-17-23-51/h9-43,69H,5-8H2,1-4H3. The van der Waals surface area contributed by atoms with Crippen LogP contribution in [0.2, 0.25) is 0 Å². The number of benzene rings is 11. The van der Waals surface area contributed by atoms with Gasteiger partial charge in [-0.25, -0.2) is 0 Å². The van der Waals surface area contributed by atoms with Gasteiger partial charge in [0, 0.05) is 39.3 Å². The lowest BCUT2D eigenvalue weighted by atomic mass is 9.73. The molecule has 0 saturated heterocycles. The lowest BCUT2D eigenvalue weighted by molar-refractivity contribution is 0.490. The van der Waals surface area contributed by atoms with Crippen molar-refractivity contribution >= 4 is 60.8 Å². The number of rotatable bonds is 11. The van der Waals surface area contributed by atoms with Crippen LogP contribution in [-0.4, -0.2) is 0 Å². The molecule has 70 heavy (non-hydrogen) atoms. The second-order valence-corrected chi connectivity index (χ2v) is 19.7. The molecule has 11 aromatic rings. The predicted molar refractivity (Wildman–Crippen MR) is 299 cm³/mol. The molecule has 2 nitrogen and oxygen atoms in total. The molecule has 0 aliphatic heterocycles. The number of hydrogen-bond donors (Lipinski definition) is 1. The van der Waals surface area contributed by atoms with E-state index in [-0.39, 0.29) is 10.8 Å². The largest absolute Gasteiger partial charge is 0.356 e. The molecule has 0 unspecified atom stereocenters. The Labute approximate surface area is 412 Å². The number of nitrogens with zero attached hydrogens (tertiary/aromatic N) is 1. The lowest BCUT2D eigenvalue weighted by Crippen LogP contribution is -2.23. The van der Waals surface area contributed by atoms with Gasteiger partial charge in [-0.2, -0.15) is 0 Å². The molecule has 1 N–H and O–H groups in total. The lowest BCUT2D eigenvalue weighted by Gasteiger charge is -2.32. The van der Waals surface area contributed by atoms with E-state index in [0.717, 1.165) is 48.4 Å². The summed E-state index contributed by atoms with van der Waals surface area (Å²) >= 11 is 0. The fourth-order valence-electron chi connectivity index (χ4n) is 13.1. The fraction of sp³-hybridized carbons (Fsp3) is 0.147. The Hall–Kier alpha value is -7.94. The monoisotopic (exact) mass is 900 g/mol. The molecular weight excluding hydrogens is 845 g/mol. The molecule has 11 aromatic carbocycles. The Balaban J connectivity index is 0.905. The normalized spacial score (nSPS) is 13.9. The maximum Gasteiger partial charge on any atom is 0.0465 e. The fourth-order valence-corrected chi connectivity index (χ4v) is 13.1. The molecule has 0 atom stereocenters. The van der Waals surface area contributed by atoms with Crippen molar-refractivity contribution in [2.45, 2.75) is 64.2 Å². The molecule has 0 spiro atoms. The summed E-state index contributed by atoms with van der Waals surface area (Å²) in [5, 5.41) is 11.6. The third kappa shape index (κ3) is 6.18. The topological polar surface area (TPSA) is 15.3 Å². The van der Waals surface area contributed by atoms with E-state index in [2.05, 4.69) is 250 Å². The van der Waals surface area contributed by atoms with Crippen LogP contribution in [0.4, 0.5) is 28.4 Å². The van der Waals surface area contributed by atoms with Crippen LogP contribution in [0.3, 0.4) is 0 Å². The van der Waals surface area contributed by atoms with Gasteiger partial charge in [0.25, 0.3) is 0 Å². The molecule has 2 aliphatic carbocycles. The molecular formula is C68H56N2. The molecule has 0 fully saturated rings. The molecule has 0 amide bonds. The highest BCUT2D eigenvalue weighted by Gasteiger charge is 2.42. The first-order valence-corrected chi connectivity index (χ1v) is 25.5. The predicted octanol–water partition coefficient (Wildman–Crippen LogP) is 19.3. The van der Waals surface area contributed by atoms with Crippen LogP contribution in [0, 0.1) is 0 Å². The van der Waals surface area contributed by atoms with Crippen molar-refractivity contribution in [2.75, 3.05) is 10.2 Å². The van der Waals surface area contributed by atoms with E-state index in [1.807, 2.05) is 0 Å². The van der Waals surface area contributed by atoms with Crippen molar-refractivity contribution in [3.8, 4) is 44.5 Å². The maximum absolute atomic E-state index is 3.68. The molecule has 0 heterocycles. The van der Waals surface area contributed by atoms with Crippen molar-refractivity contribution in [2.24, 2.45) is 0 Å². The molecule has 0 saturated carbocycles. The highest BCUT2D eigenvalue weighted by atomic mass is 15.1. The third-order valence-corrected chi connectivity index (χ3v) is 16.8. The second kappa shape index (κ2) is 16.4. The van der Waals surface area contributed by atoms with Crippen LogP contribution in [0.5, 0.6) is 0 Å². The van der Waals surface area contributed by atoms with Gasteiger partial charge in [0.2, 0.25) is 0 Å². The first kappa shape index (κ1) is 42.2. The third-order valence-electron chi connectivity index (χ3n) is 16.8. The zero-order valence-electron chi connectivity index (χ0n) is 40.5. The molecule has 13 rings (SSSR count). The molecule has 0 bridgehead atoms. The Morgan fingerprint density at radius 1 is 0.329 bits per heavy atom. The summed E-state index contributed by atoms with van der Waals surface area (Å²) < 4.78 is 0. The van der Waals surface area contributed by atoms with Crippen LogP contribution in [0.1, 0.15) is 75.6 Å². The van der Waals surface area contributed by atoms with Crippen molar-refractivity contribution in [3.05, 3.63) is 235 Å². The van der Waals surface area contributed by atoms with Gasteiger partial charge in [-0.15, -0.1) is 0 Å². The van der Waals surface area contributed by atoms with Crippen LogP contribution in [0.25, 0.3) is 76.8 Å². The zero-order valence-corrected chi connectivity index (χ0v) is 40.5. The summed E-state index contributed by atoms with van der Waals surface area (Å²) in [5.41, 5.74) is 21.9. The van der Waals surface area contributed by atoms with Gasteiger partial charge in [-0.05, 0) is 198 Å². The number of nitrogens with one attached hydrogen (secondary N) is 1. The average Bonchev–Trinajstić information content (AvgIpc) is 3.86. The van der Waals surface area contributed by atoms with Gasteiger partial charge in [-0.1, -0.05) is 167 Å². The second-order valence-electron chi connectivity index (χ2n) is 19.7. The minimum Gasteiger partial charge on any atom is -0.356 e. The van der Waals surface area contributed by atoms with Crippen molar-refractivity contribution in [3.63, 3.8) is 0 Å². The first-order valence-electron chi connectivity index (χ1n) is 25.5.